The molecule has 0 aliphatic carbocycles. The van der Waals surface area contributed by atoms with E-state index < -0.39 is 0 Å². The largest absolute Gasteiger partial charge is 0.351 e. The van der Waals surface area contributed by atoms with Gasteiger partial charge in [0.15, 0.2) is 0 Å². The molecule has 0 saturated carbocycles. The molecule has 2 unspecified atom stereocenters. The summed E-state index contributed by atoms with van der Waals surface area (Å²) >= 11 is 0. The first-order valence-electron chi connectivity index (χ1n) is 5.26. The second-order valence-corrected chi connectivity index (χ2v) is 3.43. The topological polar surface area (TPSA) is 41.1 Å². The van der Waals surface area contributed by atoms with Gasteiger partial charge in [0, 0.05) is 6.54 Å². The van der Waals surface area contributed by atoms with Gasteiger partial charge in [0.05, 0.1) is 12.1 Å². The summed E-state index contributed by atoms with van der Waals surface area (Å²) in [6, 6.07) is -0.294. The highest BCUT2D eigenvalue weighted by molar-refractivity contribution is 5.81. The average Bonchev–Trinajstić information content (AvgIpc) is 2.24. The summed E-state index contributed by atoms with van der Waals surface area (Å²) in [4.78, 5) is 11.5. The van der Waals surface area contributed by atoms with E-state index in [2.05, 4.69) is 30.1 Å². The van der Waals surface area contributed by atoms with Crippen LogP contribution in [0.4, 0.5) is 0 Å². The third-order valence-electron chi connectivity index (χ3n) is 2.04. The molecule has 0 heterocycles. The van der Waals surface area contributed by atoms with Gasteiger partial charge in [-0.3, -0.25) is 10.1 Å². The van der Waals surface area contributed by atoms with Crippen molar-refractivity contribution in [2.24, 2.45) is 0 Å². The Kier molecular flexibility index (Phi) is 7.39. The van der Waals surface area contributed by atoms with Crippen molar-refractivity contribution < 1.29 is 4.79 Å². The van der Waals surface area contributed by atoms with Crippen LogP contribution in [0.5, 0.6) is 0 Å². The molecule has 0 fully saturated rings. The minimum Gasteiger partial charge on any atom is -0.351 e. The Hall–Kier alpha value is -1.27. The number of hydrogen-bond acceptors (Lipinski definition) is 2. The van der Waals surface area contributed by atoms with E-state index in [1.54, 1.807) is 13.0 Å². The van der Waals surface area contributed by atoms with Crippen LogP contribution in [0.3, 0.4) is 0 Å². The van der Waals surface area contributed by atoms with Crippen molar-refractivity contribution in [2.75, 3.05) is 6.54 Å². The van der Waals surface area contributed by atoms with E-state index in [0.717, 1.165) is 12.8 Å². The molecule has 0 saturated heterocycles. The highest BCUT2D eigenvalue weighted by atomic mass is 16.2. The molecular weight excluding hydrogens is 188 g/mol. The normalized spacial score (nSPS) is 13.7. The van der Waals surface area contributed by atoms with E-state index in [0.29, 0.717) is 6.54 Å². The van der Waals surface area contributed by atoms with Gasteiger partial charge in [-0.05, 0) is 13.3 Å². The lowest BCUT2D eigenvalue weighted by Crippen LogP contribution is -2.46. The van der Waals surface area contributed by atoms with Gasteiger partial charge in [0.2, 0.25) is 5.91 Å². The number of amides is 1. The first-order chi connectivity index (χ1) is 7.15. The molecule has 0 radical (unpaired) electrons. The summed E-state index contributed by atoms with van der Waals surface area (Å²) in [6.07, 6.45) is 8.88. The van der Waals surface area contributed by atoms with Crippen molar-refractivity contribution in [1.82, 2.24) is 10.6 Å². The fraction of sp³-hybridized carbons (Fsp3) is 0.583. The average molecular weight is 208 g/mol. The van der Waals surface area contributed by atoms with Crippen LogP contribution in [0.2, 0.25) is 0 Å². The lowest BCUT2D eigenvalue weighted by atomic mass is 10.1. The molecule has 0 aromatic heterocycles. The summed E-state index contributed by atoms with van der Waals surface area (Å²) in [6.45, 7) is 7.88. The van der Waals surface area contributed by atoms with Crippen molar-refractivity contribution in [1.29, 1.82) is 0 Å². The standard InChI is InChI=1S/C12H20N2O/c1-5-8-11(7-3)14-10(4)12(15)13-9-6-2/h3,6,10-11,14H,2,5,8-9H2,1,4H3,(H,13,15). The maximum Gasteiger partial charge on any atom is 0.237 e. The fourth-order valence-corrected chi connectivity index (χ4v) is 1.21. The van der Waals surface area contributed by atoms with Crippen molar-refractivity contribution in [3.63, 3.8) is 0 Å². The molecule has 3 nitrogen and oxygen atoms in total. The molecule has 0 aliphatic rings. The molecule has 84 valence electrons. The molecule has 15 heavy (non-hydrogen) atoms. The lowest BCUT2D eigenvalue weighted by molar-refractivity contribution is -0.122. The van der Waals surface area contributed by atoms with Crippen LogP contribution >= 0.6 is 0 Å². The summed E-state index contributed by atoms with van der Waals surface area (Å²) in [5.41, 5.74) is 0. The van der Waals surface area contributed by atoms with Crippen LogP contribution in [0.25, 0.3) is 0 Å². The molecule has 1 amide bonds. The summed E-state index contributed by atoms with van der Waals surface area (Å²) in [7, 11) is 0. The lowest BCUT2D eigenvalue weighted by Gasteiger charge is -2.18. The zero-order valence-corrected chi connectivity index (χ0v) is 9.55. The monoisotopic (exact) mass is 208 g/mol. The second-order valence-electron chi connectivity index (χ2n) is 3.43. The minimum atomic E-state index is -0.266. The SMILES string of the molecule is C#CC(CCC)NC(C)C(=O)NCC=C. The number of rotatable bonds is 7. The van der Waals surface area contributed by atoms with Gasteiger partial charge in [-0.15, -0.1) is 13.0 Å². The molecule has 0 aromatic rings. The van der Waals surface area contributed by atoms with Gasteiger partial charge in [-0.2, -0.15) is 0 Å². The Morgan fingerprint density at radius 2 is 2.33 bits per heavy atom. The highest BCUT2D eigenvalue weighted by Gasteiger charge is 2.14. The van der Waals surface area contributed by atoms with Gasteiger partial charge in [0.1, 0.15) is 0 Å². The summed E-state index contributed by atoms with van der Waals surface area (Å²) in [5, 5.41) is 5.81. The molecule has 0 spiro atoms. The Labute approximate surface area is 92.3 Å². The summed E-state index contributed by atoms with van der Waals surface area (Å²) < 4.78 is 0. The predicted octanol–water partition coefficient (Wildman–Crippen LogP) is 1.07. The summed E-state index contributed by atoms with van der Waals surface area (Å²) in [5.74, 6) is 2.58. The van der Waals surface area contributed by atoms with Crippen LogP contribution in [0.15, 0.2) is 12.7 Å². The number of carbonyl (C=O) groups excluding carboxylic acids is 1. The van der Waals surface area contributed by atoms with Crippen LogP contribution in [-0.4, -0.2) is 24.5 Å². The maximum absolute atomic E-state index is 11.5. The Morgan fingerprint density at radius 3 is 2.80 bits per heavy atom. The van der Waals surface area contributed by atoms with Gasteiger partial charge in [0.25, 0.3) is 0 Å². The Bertz CT molecular complexity index is 242. The zero-order chi connectivity index (χ0) is 11.7. The number of nitrogens with one attached hydrogen (secondary N) is 2. The quantitative estimate of drug-likeness (QED) is 0.485. The van der Waals surface area contributed by atoms with Crippen molar-refractivity contribution >= 4 is 5.91 Å². The molecule has 2 N–H and O–H groups in total. The van der Waals surface area contributed by atoms with Crippen LogP contribution in [0, 0.1) is 12.3 Å². The van der Waals surface area contributed by atoms with E-state index in [4.69, 9.17) is 6.42 Å². The van der Waals surface area contributed by atoms with E-state index in [9.17, 15) is 4.79 Å². The Morgan fingerprint density at radius 1 is 1.67 bits per heavy atom. The zero-order valence-electron chi connectivity index (χ0n) is 9.55. The van der Waals surface area contributed by atoms with Crippen molar-refractivity contribution in [2.45, 2.75) is 38.8 Å². The molecule has 0 aliphatic heterocycles. The van der Waals surface area contributed by atoms with Gasteiger partial charge in [-0.1, -0.05) is 25.3 Å². The van der Waals surface area contributed by atoms with Gasteiger partial charge < -0.3 is 5.32 Å². The van der Waals surface area contributed by atoms with E-state index in [1.165, 1.54) is 0 Å². The third-order valence-corrected chi connectivity index (χ3v) is 2.04. The van der Waals surface area contributed by atoms with Crippen LogP contribution < -0.4 is 10.6 Å². The molecule has 2 atom stereocenters. The van der Waals surface area contributed by atoms with E-state index in [-0.39, 0.29) is 18.0 Å². The molecule has 0 bridgehead atoms. The first kappa shape index (κ1) is 13.7. The van der Waals surface area contributed by atoms with Crippen molar-refractivity contribution in [3.05, 3.63) is 12.7 Å². The van der Waals surface area contributed by atoms with Crippen LogP contribution in [0.1, 0.15) is 26.7 Å². The second kappa shape index (κ2) is 8.07. The number of hydrogen-bond donors (Lipinski definition) is 2. The van der Waals surface area contributed by atoms with E-state index in [1.807, 2.05) is 0 Å². The highest BCUT2D eigenvalue weighted by Crippen LogP contribution is 1.96. The van der Waals surface area contributed by atoms with Gasteiger partial charge >= 0.3 is 0 Å². The first-order valence-corrected chi connectivity index (χ1v) is 5.26. The molecule has 0 aromatic carbocycles. The Balaban J connectivity index is 3.98. The van der Waals surface area contributed by atoms with Crippen LogP contribution in [-0.2, 0) is 4.79 Å². The maximum atomic E-state index is 11.5. The molecule has 3 heteroatoms. The number of terminal acetylenes is 1. The van der Waals surface area contributed by atoms with Crippen molar-refractivity contribution in [3.8, 4) is 12.3 Å². The minimum absolute atomic E-state index is 0.0283. The number of carbonyl (C=O) groups is 1. The fourth-order valence-electron chi connectivity index (χ4n) is 1.21. The smallest absolute Gasteiger partial charge is 0.237 e. The van der Waals surface area contributed by atoms with E-state index >= 15 is 0 Å². The molecular formula is C12H20N2O. The molecule has 0 rings (SSSR count). The van der Waals surface area contributed by atoms with Gasteiger partial charge in [-0.25, -0.2) is 0 Å². The third kappa shape index (κ3) is 5.92. The predicted molar refractivity (Wildman–Crippen MR) is 63.3 cm³/mol.